The Morgan fingerprint density at radius 3 is 2.42 bits per heavy atom. The Morgan fingerprint density at radius 1 is 1.12 bits per heavy atom. The number of carboxylic acids is 1. The zero-order chi connectivity index (χ0) is 19.2. The van der Waals surface area contributed by atoms with Gasteiger partial charge < -0.3 is 15.2 Å². The number of rotatable bonds is 6. The van der Waals surface area contributed by atoms with Crippen LogP contribution in [-0.4, -0.2) is 23.6 Å². The number of benzene rings is 2. The molecule has 0 heterocycles. The van der Waals surface area contributed by atoms with E-state index in [0.717, 1.165) is 5.56 Å². The maximum absolute atomic E-state index is 12.1. The van der Waals surface area contributed by atoms with Crippen LogP contribution in [0.25, 0.3) is 6.08 Å². The number of hydrogen-bond donors (Lipinski definition) is 2. The lowest BCUT2D eigenvalue weighted by atomic mass is 9.87. The number of carbonyl (C=O) groups excluding carboxylic acids is 1. The first kappa shape index (κ1) is 19.2. The summed E-state index contributed by atoms with van der Waals surface area (Å²) in [6.45, 7) is 6.03. The van der Waals surface area contributed by atoms with Crippen molar-refractivity contribution in [1.29, 1.82) is 0 Å². The molecule has 5 nitrogen and oxygen atoms in total. The number of aliphatic carboxylic acids is 1. The third kappa shape index (κ3) is 6.09. The number of carbonyl (C=O) groups is 2. The van der Waals surface area contributed by atoms with Gasteiger partial charge in [-0.25, -0.2) is 4.79 Å². The molecule has 0 atom stereocenters. The van der Waals surface area contributed by atoms with Gasteiger partial charge in [0.2, 0.25) is 5.91 Å². The molecular formula is C21H23NO4. The molecule has 0 spiro atoms. The average Bonchev–Trinajstić information content (AvgIpc) is 2.58. The van der Waals surface area contributed by atoms with Crippen molar-refractivity contribution in [2.45, 2.75) is 26.2 Å². The maximum Gasteiger partial charge on any atom is 0.341 e. The molecule has 5 heteroatoms. The summed E-state index contributed by atoms with van der Waals surface area (Å²) in [5.74, 6) is -0.952. The fourth-order valence-electron chi connectivity index (χ4n) is 2.26. The molecule has 0 unspecified atom stereocenters. The van der Waals surface area contributed by atoms with Gasteiger partial charge in [0.15, 0.2) is 6.61 Å². The Morgan fingerprint density at radius 2 is 1.81 bits per heavy atom. The van der Waals surface area contributed by atoms with Crippen LogP contribution in [0.4, 0.5) is 5.69 Å². The Balaban J connectivity index is 1.97. The molecule has 0 aromatic heterocycles. The third-order valence-electron chi connectivity index (χ3n) is 3.67. The van der Waals surface area contributed by atoms with E-state index in [-0.39, 0.29) is 11.3 Å². The summed E-state index contributed by atoms with van der Waals surface area (Å²) in [5.41, 5.74) is 2.79. The van der Waals surface area contributed by atoms with Gasteiger partial charge in [-0.2, -0.15) is 0 Å². The van der Waals surface area contributed by atoms with Crippen molar-refractivity contribution in [3.05, 3.63) is 65.7 Å². The second-order valence-corrected chi connectivity index (χ2v) is 6.90. The van der Waals surface area contributed by atoms with Crippen LogP contribution in [0.3, 0.4) is 0 Å². The van der Waals surface area contributed by atoms with Gasteiger partial charge in [-0.1, -0.05) is 51.1 Å². The van der Waals surface area contributed by atoms with Gasteiger partial charge in [0.25, 0.3) is 0 Å². The van der Waals surface area contributed by atoms with Gasteiger partial charge in [-0.3, -0.25) is 4.79 Å². The second kappa shape index (κ2) is 8.34. The van der Waals surface area contributed by atoms with Crippen LogP contribution >= 0.6 is 0 Å². The molecule has 2 aromatic rings. The van der Waals surface area contributed by atoms with Gasteiger partial charge in [-0.15, -0.1) is 0 Å². The lowest BCUT2D eigenvalue weighted by Crippen LogP contribution is -2.11. The molecule has 0 saturated heterocycles. The summed E-state index contributed by atoms with van der Waals surface area (Å²) in [6, 6.07) is 14.7. The minimum atomic E-state index is -1.06. The van der Waals surface area contributed by atoms with Crippen LogP contribution in [0.5, 0.6) is 5.75 Å². The van der Waals surface area contributed by atoms with Crippen molar-refractivity contribution in [2.75, 3.05) is 11.9 Å². The molecule has 0 aliphatic heterocycles. The summed E-state index contributed by atoms with van der Waals surface area (Å²) < 4.78 is 5.09. The Labute approximate surface area is 153 Å². The zero-order valence-corrected chi connectivity index (χ0v) is 15.2. The fourth-order valence-corrected chi connectivity index (χ4v) is 2.26. The first-order valence-corrected chi connectivity index (χ1v) is 8.28. The molecule has 0 saturated carbocycles. The number of ether oxygens (including phenoxy) is 1. The van der Waals surface area contributed by atoms with Crippen molar-refractivity contribution in [1.82, 2.24) is 0 Å². The third-order valence-corrected chi connectivity index (χ3v) is 3.67. The van der Waals surface area contributed by atoms with Crippen LogP contribution in [-0.2, 0) is 15.0 Å². The van der Waals surface area contributed by atoms with Crippen LogP contribution in [0.2, 0.25) is 0 Å². The van der Waals surface area contributed by atoms with E-state index in [4.69, 9.17) is 9.84 Å². The first-order chi connectivity index (χ1) is 12.2. The fraction of sp³-hybridized carbons (Fsp3) is 0.238. The van der Waals surface area contributed by atoms with E-state index in [1.165, 1.54) is 11.6 Å². The topological polar surface area (TPSA) is 75.6 Å². The molecule has 2 aromatic carbocycles. The first-order valence-electron chi connectivity index (χ1n) is 8.28. The van der Waals surface area contributed by atoms with E-state index in [0.29, 0.717) is 11.4 Å². The largest absolute Gasteiger partial charge is 0.482 e. The van der Waals surface area contributed by atoms with E-state index in [1.54, 1.807) is 30.3 Å². The van der Waals surface area contributed by atoms with Crippen molar-refractivity contribution in [3.63, 3.8) is 0 Å². The zero-order valence-electron chi connectivity index (χ0n) is 15.2. The highest BCUT2D eigenvalue weighted by molar-refractivity contribution is 6.02. The predicted octanol–water partition coefficient (Wildman–Crippen LogP) is 4.10. The molecule has 2 N–H and O–H groups in total. The van der Waals surface area contributed by atoms with Gasteiger partial charge in [0.1, 0.15) is 5.75 Å². The van der Waals surface area contributed by atoms with E-state index < -0.39 is 12.6 Å². The Kier molecular flexibility index (Phi) is 6.17. The van der Waals surface area contributed by atoms with Gasteiger partial charge in [-0.05, 0) is 34.8 Å². The smallest absolute Gasteiger partial charge is 0.341 e. The number of hydrogen-bond acceptors (Lipinski definition) is 3. The predicted molar refractivity (Wildman–Crippen MR) is 102 cm³/mol. The van der Waals surface area contributed by atoms with E-state index in [1.807, 2.05) is 12.1 Å². The average molecular weight is 353 g/mol. The van der Waals surface area contributed by atoms with E-state index >= 15 is 0 Å². The normalized spacial score (nSPS) is 11.3. The highest BCUT2D eigenvalue weighted by atomic mass is 16.5. The maximum atomic E-state index is 12.1. The van der Waals surface area contributed by atoms with Gasteiger partial charge in [0.05, 0.1) is 0 Å². The van der Waals surface area contributed by atoms with Crippen molar-refractivity contribution in [2.24, 2.45) is 0 Å². The lowest BCUT2D eigenvalue weighted by Gasteiger charge is -2.18. The van der Waals surface area contributed by atoms with Crippen molar-refractivity contribution < 1.29 is 19.4 Å². The van der Waals surface area contributed by atoms with Crippen LogP contribution in [0.1, 0.15) is 31.9 Å². The highest BCUT2D eigenvalue weighted by Gasteiger charge is 2.12. The molecule has 0 aliphatic carbocycles. The molecule has 0 aliphatic rings. The Hall–Kier alpha value is -3.08. The molecule has 0 fully saturated rings. The molecular weight excluding hydrogens is 330 g/mol. The molecule has 2 rings (SSSR count). The Bertz CT molecular complexity index is 802. The summed E-state index contributed by atoms with van der Waals surface area (Å²) in [5, 5.41) is 11.3. The van der Waals surface area contributed by atoms with Crippen molar-refractivity contribution in [3.8, 4) is 5.75 Å². The molecule has 136 valence electrons. The number of anilines is 1. The monoisotopic (exact) mass is 353 g/mol. The molecule has 0 bridgehead atoms. The van der Waals surface area contributed by atoms with Gasteiger partial charge >= 0.3 is 5.97 Å². The van der Waals surface area contributed by atoms with Gasteiger partial charge in [0, 0.05) is 17.8 Å². The molecule has 0 radical (unpaired) electrons. The minimum Gasteiger partial charge on any atom is -0.482 e. The summed E-state index contributed by atoms with van der Waals surface area (Å²) >= 11 is 0. The highest BCUT2D eigenvalue weighted by Crippen LogP contribution is 2.22. The van der Waals surface area contributed by atoms with Crippen LogP contribution in [0, 0.1) is 0 Å². The number of amides is 1. The molecule has 26 heavy (non-hydrogen) atoms. The summed E-state index contributed by atoms with van der Waals surface area (Å²) in [6.07, 6.45) is 3.20. The number of carboxylic acid groups (broad SMARTS) is 1. The summed E-state index contributed by atoms with van der Waals surface area (Å²) in [7, 11) is 0. The van der Waals surface area contributed by atoms with E-state index in [2.05, 4.69) is 38.2 Å². The second-order valence-electron chi connectivity index (χ2n) is 6.90. The summed E-state index contributed by atoms with van der Waals surface area (Å²) in [4.78, 5) is 22.6. The van der Waals surface area contributed by atoms with E-state index in [9.17, 15) is 9.59 Å². The van der Waals surface area contributed by atoms with Crippen LogP contribution < -0.4 is 10.1 Å². The minimum absolute atomic E-state index is 0.0906. The quantitative estimate of drug-likeness (QED) is 0.767. The molecule has 1 amide bonds. The standard InChI is InChI=1S/C21H23NO4/c1-21(2,3)16-10-7-15(8-11-16)9-12-19(23)22-17-5-4-6-18(13-17)26-14-20(24)25/h4-13H,14H2,1-3H3,(H,22,23)(H,24,25). The lowest BCUT2D eigenvalue weighted by molar-refractivity contribution is -0.139. The SMILES string of the molecule is CC(C)(C)c1ccc(C=CC(=O)Nc2cccc(OCC(=O)O)c2)cc1. The van der Waals surface area contributed by atoms with Crippen LogP contribution in [0.15, 0.2) is 54.6 Å². The van der Waals surface area contributed by atoms with Crippen molar-refractivity contribution >= 4 is 23.6 Å². The number of nitrogens with one attached hydrogen (secondary N) is 1.